The number of nitrogens with zero attached hydrogens (tertiary/aromatic N) is 1. The first-order chi connectivity index (χ1) is 12.7. The summed E-state index contributed by atoms with van der Waals surface area (Å²) in [7, 11) is 0. The van der Waals surface area contributed by atoms with Crippen LogP contribution in [0.2, 0.25) is 0 Å². The molecule has 27 heavy (non-hydrogen) atoms. The van der Waals surface area contributed by atoms with E-state index in [1.807, 2.05) is 65.4 Å². The van der Waals surface area contributed by atoms with E-state index < -0.39 is 0 Å². The summed E-state index contributed by atoms with van der Waals surface area (Å²) in [4.78, 5) is 12.8. The topological polar surface area (TPSA) is 20.9 Å². The van der Waals surface area contributed by atoms with Crippen LogP contribution in [0, 0.1) is 6.92 Å². The third kappa shape index (κ3) is 3.99. The van der Waals surface area contributed by atoms with Crippen molar-refractivity contribution >= 4 is 33.7 Å². The molecule has 0 spiro atoms. The lowest BCUT2D eigenvalue weighted by atomic mass is 10.0. The average Bonchev–Trinajstić information content (AvgIpc) is 2.71. The van der Waals surface area contributed by atoms with Gasteiger partial charge in [-0.1, -0.05) is 66.7 Å². The van der Waals surface area contributed by atoms with Crippen LogP contribution < -0.4 is 4.57 Å². The largest absolute Gasteiger partial charge is 0.287 e. The molecular formula is C24H21BrNO+. The van der Waals surface area contributed by atoms with Gasteiger partial charge in [0.25, 0.3) is 0 Å². The Morgan fingerprint density at radius 3 is 2.15 bits per heavy atom. The predicted octanol–water partition coefficient (Wildman–Crippen LogP) is 5.56. The number of carbonyl (C=O) groups is 1. The molecule has 0 aliphatic heterocycles. The zero-order valence-electron chi connectivity index (χ0n) is 15.1. The first-order valence-electron chi connectivity index (χ1n) is 8.79. The summed E-state index contributed by atoms with van der Waals surface area (Å²) in [5.41, 5.74) is 5.32. The number of hydrogen-bond donors (Lipinski definition) is 0. The second kappa shape index (κ2) is 8.28. The normalized spacial score (nSPS) is 10.4. The maximum absolute atomic E-state index is 12.8. The quantitative estimate of drug-likeness (QED) is 0.313. The van der Waals surface area contributed by atoms with Crippen LogP contribution in [0.4, 0.5) is 0 Å². The van der Waals surface area contributed by atoms with Gasteiger partial charge in [-0.3, -0.25) is 4.79 Å². The molecule has 2 nitrogen and oxygen atoms in total. The second-order valence-electron chi connectivity index (χ2n) is 6.51. The van der Waals surface area contributed by atoms with E-state index in [1.165, 1.54) is 10.9 Å². The Morgan fingerprint density at radius 1 is 0.778 bits per heavy atom. The Balaban J connectivity index is 0.00000210. The van der Waals surface area contributed by atoms with Gasteiger partial charge >= 0.3 is 0 Å². The highest BCUT2D eigenvalue weighted by Gasteiger charge is 2.16. The molecule has 0 fully saturated rings. The molecule has 0 aliphatic carbocycles. The minimum absolute atomic E-state index is 0. The highest BCUT2D eigenvalue weighted by atomic mass is 79.9. The molecule has 3 heteroatoms. The van der Waals surface area contributed by atoms with Crippen molar-refractivity contribution in [1.82, 2.24) is 0 Å². The minimum Gasteiger partial charge on any atom is -0.287 e. The number of rotatable bonds is 4. The molecule has 1 heterocycles. The van der Waals surface area contributed by atoms with Crippen molar-refractivity contribution in [2.75, 3.05) is 0 Å². The molecule has 0 amide bonds. The molecule has 0 saturated heterocycles. The van der Waals surface area contributed by atoms with Crippen LogP contribution in [0.5, 0.6) is 0 Å². The number of hydrogen-bond acceptors (Lipinski definition) is 1. The van der Waals surface area contributed by atoms with Crippen LogP contribution in [0.15, 0.2) is 91.1 Å². The maximum atomic E-state index is 12.8. The summed E-state index contributed by atoms with van der Waals surface area (Å²) in [5, 5.41) is 1.18. The van der Waals surface area contributed by atoms with Crippen molar-refractivity contribution in [3.63, 3.8) is 0 Å². The number of aryl methyl sites for hydroxylation is 1. The summed E-state index contributed by atoms with van der Waals surface area (Å²) in [6.45, 7) is 2.43. The number of Topliss-reactive ketones (excluding diaryl/α,β-unsaturated/α-hetero) is 1. The minimum atomic E-state index is 0. The van der Waals surface area contributed by atoms with Gasteiger partial charge in [0, 0.05) is 23.1 Å². The number of carbonyl (C=O) groups excluding carboxylic acids is 1. The highest BCUT2D eigenvalue weighted by molar-refractivity contribution is 8.93. The lowest BCUT2D eigenvalue weighted by Gasteiger charge is -2.05. The molecule has 4 aromatic rings. The lowest BCUT2D eigenvalue weighted by Crippen LogP contribution is -2.38. The summed E-state index contributed by atoms with van der Waals surface area (Å²) in [5.74, 6) is 0.114. The third-order valence-electron chi connectivity index (χ3n) is 4.77. The van der Waals surface area contributed by atoms with E-state index in [-0.39, 0.29) is 22.8 Å². The molecule has 0 bridgehead atoms. The van der Waals surface area contributed by atoms with Crippen LogP contribution in [0.3, 0.4) is 0 Å². The molecule has 0 atom stereocenters. The Morgan fingerprint density at radius 2 is 1.41 bits per heavy atom. The Kier molecular flexibility index (Phi) is 5.82. The van der Waals surface area contributed by atoms with E-state index in [2.05, 4.69) is 37.3 Å². The predicted molar refractivity (Wildman–Crippen MR) is 115 cm³/mol. The summed E-state index contributed by atoms with van der Waals surface area (Å²) >= 11 is 0. The van der Waals surface area contributed by atoms with Crippen LogP contribution in [-0.2, 0) is 6.54 Å². The zero-order chi connectivity index (χ0) is 17.9. The van der Waals surface area contributed by atoms with Crippen molar-refractivity contribution in [1.29, 1.82) is 0 Å². The number of aromatic nitrogens is 1. The van der Waals surface area contributed by atoms with Crippen molar-refractivity contribution < 1.29 is 9.36 Å². The second-order valence-corrected chi connectivity index (χ2v) is 6.51. The molecule has 0 unspecified atom stereocenters. The first kappa shape index (κ1) is 19.0. The third-order valence-corrected chi connectivity index (χ3v) is 4.77. The van der Waals surface area contributed by atoms with E-state index in [0.29, 0.717) is 6.54 Å². The summed E-state index contributed by atoms with van der Waals surface area (Å²) < 4.78 is 2.02. The van der Waals surface area contributed by atoms with E-state index in [4.69, 9.17) is 0 Å². The van der Waals surface area contributed by atoms with Gasteiger partial charge in [-0.25, -0.2) is 0 Å². The highest BCUT2D eigenvalue weighted by Crippen LogP contribution is 2.19. The van der Waals surface area contributed by atoms with Crippen LogP contribution in [0.1, 0.15) is 15.9 Å². The molecule has 0 aliphatic rings. The van der Waals surface area contributed by atoms with Crippen LogP contribution >= 0.6 is 17.0 Å². The molecule has 3 aromatic carbocycles. The van der Waals surface area contributed by atoms with Crippen molar-refractivity contribution in [2.45, 2.75) is 13.5 Å². The number of benzene rings is 3. The molecule has 0 radical (unpaired) electrons. The van der Waals surface area contributed by atoms with Gasteiger partial charge in [0.1, 0.15) is 0 Å². The molecular weight excluding hydrogens is 398 g/mol. The summed E-state index contributed by atoms with van der Waals surface area (Å²) in [6.07, 6.45) is 1.99. The number of pyridine rings is 1. The van der Waals surface area contributed by atoms with Gasteiger partial charge in [-0.2, -0.15) is 4.57 Å². The Hall–Kier alpha value is -2.78. The molecule has 1 aromatic heterocycles. The molecule has 0 saturated carbocycles. The monoisotopic (exact) mass is 418 g/mol. The first-order valence-corrected chi connectivity index (χ1v) is 8.79. The van der Waals surface area contributed by atoms with Crippen molar-refractivity contribution in [2.24, 2.45) is 0 Å². The maximum Gasteiger partial charge on any atom is 0.227 e. The number of fused-ring (bicyclic) bond motifs is 1. The Labute approximate surface area is 169 Å². The number of halogens is 1. The Bertz CT molecular complexity index is 1070. The van der Waals surface area contributed by atoms with E-state index in [1.54, 1.807) is 0 Å². The smallest absolute Gasteiger partial charge is 0.227 e. The number of para-hydroxylation sites is 1. The van der Waals surface area contributed by atoms with E-state index in [9.17, 15) is 4.79 Å². The van der Waals surface area contributed by atoms with Gasteiger partial charge in [-0.05, 0) is 29.7 Å². The fraction of sp³-hybridized carbons (Fsp3) is 0.0833. The SMILES string of the molecule is Br.Cc1cc[n+](CC(=O)c2ccc(-c3ccccc3)cc2)c2ccccc12. The average molecular weight is 419 g/mol. The molecule has 4 rings (SSSR count). The van der Waals surface area contributed by atoms with Crippen molar-refractivity contribution in [3.05, 3.63) is 102 Å². The molecule has 134 valence electrons. The fourth-order valence-corrected chi connectivity index (χ4v) is 3.29. The standard InChI is InChI=1S/C24H20NO.BrH/c1-18-15-16-25(23-10-6-5-9-22(18)23)17-24(26)21-13-11-20(12-14-21)19-7-3-2-4-8-19;/h2-16H,17H2,1H3;1H/q+1;. The van der Waals surface area contributed by atoms with Crippen molar-refractivity contribution in [3.8, 4) is 11.1 Å². The summed E-state index contributed by atoms with van der Waals surface area (Å²) in [6, 6.07) is 28.3. The fourth-order valence-electron chi connectivity index (χ4n) is 3.29. The van der Waals surface area contributed by atoms with E-state index in [0.717, 1.165) is 22.2 Å². The van der Waals surface area contributed by atoms with Crippen LogP contribution in [-0.4, -0.2) is 5.78 Å². The molecule has 0 N–H and O–H groups in total. The number of ketones is 1. The van der Waals surface area contributed by atoms with Gasteiger partial charge in [0.05, 0.1) is 0 Å². The van der Waals surface area contributed by atoms with E-state index >= 15 is 0 Å². The van der Waals surface area contributed by atoms with Gasteiger partial charge < -0.3 is 0 Å². The lowest BCUT2D eigenvalue weighted by molar-refractivity contribution is -0.657. The van der Waals surface area contributed by atoms with Gasteiger partial charge in [0.15, 0.2) is 6.20 Å². The van der Waals surface area contributed by atoms with Gasteiger partial charge in [-0.15, -0.1) is 17.0 Å². The van der Waals surface area contributed by atoms with Gasteiger partial charge in [0.2, 0.25) is 17.8 Å². The van der Waals surface area contributed by atoms with Crippen LogP contribution in [0.25, 0.3) is 22.0 Å². The zero-order valence-corrected chi connectivity index (χ0v) is 16.8.